The van der Waals surface area contributed by atoms with Crippen LogP contribution in [0.15, 0.2) is 0 Å². The molecule has 15 heavy (non-hydrogen) atoms. The minimum atomic E-state index is 0.490. The van der Waals surface area contributed by atoms with E-state index in [1.807, 2.05) is 0 Å². The predicted molar refractivity (Wildman–Crippen MR) is 66.3 cm³/mol. The molecular formula is C12H28N2O. The van der Waals surface area contributed by atoms with E-state index in [4.69, 9.17) is 4.74 Å². The van der Waals surface area contributed by atoms with Gasteiger partial charge in [0.1, 0.15) is 0 Å². The first kappa shape index (κ1) is 14.9. The number of rotatable bonds is 8. The summed E-state index contributed by atoms with van der Waals surface area (Å²) in [7, 11) is 3.93. The van der Waals surface area contributed by atoms with Crippen LogP contribution in [-0.2, 0) is 4.74 Å². The second-order valence-electron chi connectivity index (χ2n) is 4.72. The Bertz CT molecular complexity index is 151. The summed E-state index contributed by atoms with van der Waals surface area (Å²) in [6, 6.07) is 1.67. The molecule has 0 aromatic heterocycles. The van der Waals surface area contributed by atoms with Crippen LogP contribution in [0.2, 0.25) is 0 Å². The fourth-order valence-electron chi connectivity index (χ4n) is 1.58. The van der Waals surface area contributed by atoms with Gasteiger partial charge in [-0.25, -0.2) is 0 Å². The summed E-state index contributed by atoms with van der Waals surface area (Å²) in [5.74, 6) is 0. The fraction of sp³-hybridized carbons (Fsp3) is 1.00. The van der Waals surface area contributed by atoms with Gasteiger partial charge in [0.2, 0.25) is 0 Å². The number of methoxy groups -OCH3 is 1. The van der Waals surface area contributed by atoms with Gasteiger partial charge in [0.05, 0.1) is 6.61 Å². The third-order valence-electron chi connectivity index (χ3n) is 2.91. The van der Waals surface area contributed by atoms with Crippen LogP contribution in [0.5, 0.6) is 0 Å². The van der Waals surface area contributed by atoms with Crippen LogP contribution in [0.4, 0.5) is 0 Å². The van der Waals surface area contributed by atoms with Crippen molar-refractivity contribution in [3.63, 3.8) is 0 Å². The maximum atomic E-state index is 5.16. The quantitative estimate of drug-likeness (QED) is 0.669. The Labute approximate surface area is 95.2 Å². The normalized spacial score (nSPS) is 16.0. The van der Waals surface area contributed by atoms with Gasteiger partial charge in [0, 0.05) is 25.2 Å². The molecule has 0 aliphatic rings. The van der Waals surface area contributed by atoms with E-state index in [1.54, 1.807) is 7.11 Å². The van der Waals surface area contributed by atoms with Gasteiger partial charge in [0.25, 0.3) is 0 Å². The Morgan fingerprint density at radius 1 is 1.13 bits per heavy atom. The van der Waals surface area contributed by atoms with Gasteiger partial charge in [0.15, 0.2) is 0 Å². The average Bonchev–Trinajstić information content (AvgIpc) is 2.16. The molecule has 0 aliphatic heterocycles. The highest BCUT2D eigenvalue weighted by Crippen LogP contribution is 2.05. The van der Waals surface area contributed by atoms with Crippen LogP contribution in [0.3, 0.4) is 0 Å². The van der Waals surface area contributed by atoms with Crippen molar-refractivity contribution in [3.05, 3.63) is 0 Å². The third-order valence-corrected chi connectivity index (χ3v) is 2.91. The molecule has 0 aliphatic carbocycles. The van der Waals surface area contributed by atoms with Crippen LogP contribution in [0.1, 0.15) is 34.1 Å². The van der Waals surface area contributed by atoms with Gasteiger partial charge in [-0.3, -0.25) is 4.90 Å². The zero-order chi connectivity index (χ0) is 11.8. The molecule has 0 aromatic carbocycles. The van der Waals surface area contributed by atoms with Gasteiger partial charge >= 0.3 is 0 Å². The lowest BCUT2D eigenvalue weighted by Gasteiger charge is -2.30. The molecule has 2 unspecified atom stereocenters. The van der Waals surface area contributed by atoms with Crippen LogP contribution in [0, 0.1) is 0 Å². The van der Waals surface area contributed by atoms with Gasteiger partial charge in [-0.05, 0) is 33.9 Å². The largest absolute Gasteiger partial charge is 0.383 e. The topological polar surface area (TPSA) is 24.5 Å². The Kier molecular flexibility index (Phi) is 8.02. The summed E-state index contributed by atoms with van der Waals surface area (Å²) in [5.41, 5.74) is 0. The molecule has 0 aromatic rings. The smallest absolute Gasteiger partial charge is 0.0615 e. The number of likely N-dealkylation sites (N-methyl/N-ethyl adjacent to an activating group) is 1. The fourth-order valence-corrected chi connectivity index (χ4v) is 1.58. The average molecular weight is 216 g/mol. The van der Waals surface area contributed by atoms with Crippen molar-refractivity contribution in [2.45, 2.75) is 52.2 Å². The molecule has 0 fully saturated rings. The van der Waals surface area contributed by atoms with Gasteiger partial charge in [-0.15, -0.1) is 0 Å². The Morgan fingerprint density at radius 2 is 1.73 bits per heavy atom. The monoisotopic (exact) mass is 216 g/mol. The standard InChI is InChI=1S/C12H28N2O/c1-10(2)13-8-7-11(3)14(5)12(4)9-15-6/h10-13H,7-9H2,1-6H3. The Hall–Kier alpha value is -0.120. The molecular weight excluding hydrogens is 188 g/mol. The van der Waals surface area contributed by atoms with Crippen molar-refractivity contribution in [1.29, 1.82) is 0 Å². The first-order valence-electron chi connectivity index (χ1n) is 5.93. The van der Waals surface area contributed by atoms with E-state index in [0.717, 1.165) is 13.2 Å². The highest BCUT2D eigenvalue weighted by molar-refractivity contribution is 4.71. The summed E-state index contributed by atoms with van der Waals surface area (Å²) < 4.78 is 5.16. The third kappa shape index (κ3) is 6.88. The summed E-state index contributed by atoms with van der Waals surface area (Å²) in [5, 5.41) is 3.44. The molecule has 0 amide bonds. The first-order chi connectivity index (χ1) is 6.99. The number of nitrogens with zero attached hydrogens (tertiary/aromatic N) is 1. The van der Waals surface area contributed by atoms with Crippen molar-refractivity contribution in [3.8, 4) is 0 Å². The summed E-state index contributed by atoms with van der Waals surface area (Å²) in [6.45, 7) is 10.7. The number of nitrogens with one attached hydrogen (secondary N) is 1. The predicted octanol–water partition coefficient (Wildman–Crippen LogP) is 1.73. The zero-order valence-electron chi connectivity index (χ0n) is 11.2. The molecule has 0 bridgehead atoms. The van der Waals surface area contributed by atoms with Crippen LogP contribution in [-0.4, -0.2) is 50.3 Å². The summed E-state index contributed by atoms with van der Waals surface area (Å²) in [6.07, 6.45) is 1.18. The molecule has 0 rings (SSSR count). The van der Waals surface area contributed by atoms with Crippen molar-refractivity contribution in [1.82, 2.24) is 10.2 Å². The molecule has 0 saturated heterocycles. The van der Waals surface area contributed by atoms with Crippen molar-refractivity contribution in [2.24, 2.45) is 0 Å². The molecule has 2 atom stereocenters. The lowest BCUT2D eigenvalue weighted by Crippen LogP contribution is -2.41. The minimum Gasteiger partial charge on any atom is -0.383 e. The molecule has 3 nitrogen and oxygen atoms in total. The van der Waals surface area contributed by atoms with E-state index in [-0.39, 0.29) is 0 Å². The highest BCUT2D eigenvalue weighted by Gasteiger charge is 2.15. The molecule has 1 N–H and O–H groups in total. The molecule has 92 valence electrons. The van der Waals surface area contributed by atoms with Crippen LogP contribution in [0.25, 0.3) is 0 Å². The Morgan fingerprint density at radius 3 is 2.20 bits per heavy atom. The number of ether oxygens (including phenoxy) is 1. The van der Waals surface area contributed by atoms with E-state index >= 15 is 0 Å². The number of hydrogen-bond acceptors (Lipinski definition) is 3. The molecule has 0 spiro atoms. The highest BCUT2D eigenvalue weighted by atomic mass is 16.5. The van der Waals surface area contributed by atoms with Crippen molar-refractivity contribution >= 4 is 0 Å². The Balaban J connectivity index is 3.72. The van der Waals surface area contributed by atoms with E-state index in [2.05, 4.69) is 45.0 Å². The van der Waals surface area contributed by atoms with E-state index in [9.17, 15) is 0 Å². The number of hydrogen-bond donors (Lipinski definition) is 1. The maximum Gasteiger partial charge on any atom is 0.0615 e. The minimum absolute atomic E-state index is 0.490. The molecule has 0 saturated carbocycles. The molecule has 0 heterocycles. The second-order valence-corrected chi connectivity index (χ2v) is 4.72. The van der Waals surface area contributed by atoms with Gasteiger partial charge in [-0.2, -0.15) is 0 Å². The van der Waals surface area contributed by atoms with Crippen LogP contribution >= 0.6 is 0 Å². The van der Waals surface area contributed by atoms with Gasteiger partial charge in [-0.1, -0.05) is 13.8 Å². The maximum absolute atomic E-state index is 5.16. The van der Waals surface area contributed by atoms with E-state index in [0.29, 0.717) is 18.1 Å². The molecule has 3 heteroatoms. The SMILES string of the molecule is COCC(C)N(C)C(C)CCNC(C)C. The molecule has 0 radical (unpaired) electrons. The summed E-state index contributed by atoms with van der Waals surface area (Å²) >= 11 is 0. The summed E-state index contributed by atoms with van der Waals surface area (Å²) in [4.78, 5) is 2.38. The second kappa shape index (κ2) is 8.08. The van der Waals surface area contributed by atoms with E-state index in [1.165, 1.54) is 6.42 Å². The van der Waals surface area contributed by atoms with E-state index < -0.39 is 0 Å². The van der Waals surface area contributed by atoms with Crippen molar-refractivity contribution < 1.29 is 4.74 Å². The first-order valence-corrected chi connectivity index (χ1v) is 5.93. The zero-order valence-corrected chi connectivity index (χ0v) is 11.2. The van der Waals surface area contributed by atoms with Gasteiger partial charge < -0.3 is 10.1 Å². The van der Waals surface area contributed by atoms with Crippen molar-refractivity contribution in [2.75, 3.05) is 27.3 Å². The lowest BCUT2D eigenvalue weighted by molar-refractivity contribution is 0.0912. The van der Waals surface area contributed by atoms with Crippen LogP contribution < -0.4 is 5.32 Å². The lowest BCUT2D eigenvalue weighted by atomic mass is 10.1.